The molecule has 0 heterocycles. The lowest BCUT2D eigenvalue weighted by molar-refractivity contribution is -0.121. The molecule has 13 nitrogen and oxygen atoms in total. The summed E-state index contributed by atoms with van der Waals surface area (Å²) in [4.78, 5) is 47.2. The fourth-order valence-electron chi connectivity index (χ4n) is 3.86. The first kappa shape index (κ1) is 38.9. The highest BCUT2D eigenvalue weighted by Gasteiger charge is 2.09. The molecule has 1 rings (SSSR count). The zero-order valence-corrected chi connectivity index (χ0v) is 26.5. The highest BCUT2D eigenvalue weighted by molar-refractivity contribution is 5.97. The lowest BCUT2D eigenvalue weighted by Gasteiger charge is -2.09. The lowest BCUT2D eigenvalue weighted by Crippen LogP contribution is -2.29. The maximum Gasteiger partial charge on any atom is 0.251 e. The Balaban J connectivity index is 1.98. The first-order valence-corrected chi connectivity index (χ1v) is 15.6. The van der Waals surface area contributed by atoms with E-state index in [0.29, 0.717) is 96.6 Å². The Morgan fingerprint density at radius 2 is 0.932 bits per heavy atom. The molecule has 0 aromatic heterocycles. The Hall–Kier alpha value is -3.10. The summed E-state index contributed by atoms with van der Waals surface area (Å²) in [6, 6.07) is 6.38. The molecule has 0 spiro atoms. The maximum atomic E-state index is 12.3. The van der Waals surface area contributed by atoms with Gasteiger partial charge in [-0.05, 0) is 50.7 Å². The number of rotatable bonds is 28. The van der Waals surface area contributed by atoms with Crippen LogP contribution in [0.3, 0.4) is 0 Å². The standard InChI is InChI=1S/C31H53N5O8/c1-26(37)33-14-18-41-22-24-43-20-16-35-30(39)27-9-11-28(12-10-27)31(40)36-17-21-44-25-23-42-19-15-34-29(38)8-6-4-3-5-7-13-32-2/h9-12,32H,3-8,13-25H2,1-2H3,(H,33,37)(H,34,38)(H,35,39)(H,36,40). The van der Waals surface area contributed by atoms with Gasteiger partial charge in [0.1, 0.15) is 0 Å². The quantitative estimate of drug-likeness (QED) is 0.0858. The molecule has 4 amide bonds. The van der Waals surface area contributed by atoms with E-state index in [4.69, 9.17) is 18.9 Å². The molecule has 250 valence electrons. The molecular weight excluding hydrogens is 570 g/mol. The topological polar surface area (TPSA) is 165 Å². The zero-order chi connectivity index (χ0) is 32.1. The summed E-state index contributed by atoms with van der Waals surface area (Å²) in [6.07, 6.45) is 6.09. The summed E-state index contributed by atoms with van der Waals surface area (Å²) in [5.74, 6) is -0.548. The van der Waals surface area contributed by atoms with Gasteiger partial charge in [0.25, 0.3) is 11.8 Å². The third-order valence-corrected chi connectivity index (χ3v) is 6.24. The van der Waals surface area contributed by atoms with E-state index in [2.05, 4.69) is 26.6 Å². The van der Waals surface area contributed by atoms with Gasteiger partial charge in [-0.2, -0.15) is 0 Å². The summed E-state index contributed by atoms with van der Waals surface area (Å²) in [5, 5.41) is 14.2. The summed E-state index contributed by atoms with van der Waals surface area (Å²) in [5.41, 5.74) is 0.885. The minimum atomic E-state index is -0.258. The van der Waals surface area contributed by atoms with Gasteiger partial charge in [0.05, 0.1) is 52.9 Å². The van der Waals surface area contributed by atoms with Gasteiger partial charge in [-0.1, -0.05) is 19.3 Å². The minimum absolute atomic E-state index is 0.0610. The Labute approximate surface area is 261 Å². The largest absolute Gasteiger partial charge is 0.377 e. The van der Waals surface area contributed by atoms with Crippen molar-refractivity contribution in [2.45, 2.75) is 45.4 Å². The van der Waals surface area contributed by atoms with Gasteiger partial charge in [0.2, 0.25) is 11.8 Å². The minimum Gasteiger partial charge on any atom is -0.377 e. The van der Waals surface area contributed by atoms with Gasteiger partial charge >= 0.3 is 0 Å². The number of ether oxygens (including phenoxy) is 4. The fraction of sp³-hybridized carbons (Fsp3) is 0.677. The van der Waals surface area contributed by atoms with E-state index in [0.717, 1.165) is 25.8 Å². The summed E-state index contributed by atoms with van der Waals surface area (Å²) in [7, 11) is 1.96. The van der Waals surface area contributed by atoms with Gasteiger partial charge < -0.3 is 45.5 Å². The van der Waals surface area contributed by atoms with Crippen LogP contribution in [0.15, 0.2) is 24.3 Å². The molecule has 13 heteroatoms. The van der Waals surface area contributed by atoms with Crippen molar-refractivity contribution in [3.63, 3.8) is 0 Å². The average Bonchev–Trinajstić information content (AvgIpc) is 3.02. The second kappa shape index (κ2) is 27.4. The van der Waals surface area contributed by atoms with Crippen LogP contribution in [0.2, 0.25) is 0 Å². The number of unbranched alkanes of at least 4 members (excludes halogenated alkanes) is 4. The van der Waals surface area contributed by atoms with Crippen LogP contribution in [0.4, 0.5) is 0 Å². The molecule has 0 aliphatic rings. The molecule has 0 aliphatic carbocycles. The van der Waals surface area contributed by atoms with Gasteiger partial charge in [-0.3, -0.25) is 19.2 Å². The van der Waals surface area contributed by atoms with E-state index in [1.807, 2.05) is 7.05 Å². The molecule has 0 bridgehead atoms. The van der Waals surface area contributed by atoms with Gasteiger partial charge in [0.15, 0.2) is 0 Å². The maximum absolute atomic E-state index is 12.3. The highest BCUT2D eigenvalue weighted by atomic mass is 16.5. The Morgan fingerprint density at radius 1 is 0.523 bits per heavy atom. The number of carbonyl (C=O) groups excluding carboxylic acids is 4. The van der Waals surface area contributed by atoms with Gasteiger partial charge in [-0.15, -0.1) is 0 Å². The number of benzene rings is 1. The molecule has 0 radical (unpaired) electrons. The predicted octanol–water partition coefficient (Wildman–Crippen LogP) is 1.02. The van der Waals surface area contributed by atoms with Crippen LogP contribution >= 0.6 is 0 Å². The van der Waals surface area contributed by atoms with E-state index in [-0.39, 0.29) is 23.6 Å². The predicted molar refractivity (Wildman–Crippen MR) is 168 cm³/mol. The number of nitrogens with one attached hydrogen (secondary N) is 5. The van der Waals surface area contributed by atoms with Gasteiger partial charge in [0, 0.05) is 50.7 Å². The van der Waals surface area contributed by atoms with Crippen LogP contribution in [0, 0.1) is 0 Å². The number of hydrogen-bond acceptors (Lipinski definition) is 9. The van der Waals surface area contributed by atoms with Crippen molar-refractivity contribution in [2.75, 3.05) is 92.6 Å². The normalized spacial score (nSPS) is 10.8. The van der Waals surface area contributed by atoms with Gasteiger partial charge in [-0.25, -0.2) is 0 Å². The van der Waals surface area contributed by atoms with Crippen molar-refractivity contribution in [2.24, 2.45) is 0 Å². The van der Waals surface area contributed by atoms with Crippen molar-refractivity contribution in [1.29, 1.82) is 0 Å². The molecule has 5 N–H and O–H groups in total. The summed E-state index contributed by atoms with van der Waals surface area (Å²) >= 11 is 0. The Bertz CT molecular complexity index is 917. The first-order valence-electron chi connectivity index (χ1n) is 15.6. The van der Waals surface area contributed by atoms with E-state index in [9.17, 15) is 19.2 Å². The molecule has 0 aliphatic heterocycles. The van der Waals surface area contributed by atoms with E-state index in [1.165, 1.54) is 19.8 Å². The van der Waals surface area contributed by atoms with Crippen LogP contribution < -0.4 is 26.6 Å². The lowest BCUT2D eigenvalue weighted by atomic mass is 10.1. The third-order valence-electron chi connectivity index (χ3n) is 6.24. The molecule has 44 heavy (non-hydrogen) atoms. The molecule has 0 saturated heterocycles. The fourth-order valence-corrected chi connectivity index (χ4v) is 3.86. The van der Waals surface area contributed by atoms with E-state index in [1.54, 1.807) is 24.3 Å². The molecule has 0 atom stereocenters. The average molecular weight is 624 g/mol. The zero-order valence-electron chi connectivity index (χ0n) is 26.5. The SMILES string of the molecule is CNCCCCCCCC(=O)NCCOCCOCCNC(=O)c1ccc(C(=O)NCCOCCOCCNC(C)=O)cc1. The number of carbonyl (C=O) groups is 4. The second-order valence-electron chi connectivity index (χ2n) is 9.99. The molecule has 1 aromatic rings. The van der Waals surface area contributed by atoms with Crippen LogP contribution in [-0.2, 0) is 28.5 Å². The van der Waals surface area contributed by atoms with E-state index < -0.39 is 0 Å². The van der Waals surface area contributed by atoms with Crippen molar-refractivity contribution in [3.05, 3.63) is 35.4 Å². The monoisotopic (exact) mass is 623 g/mol. The van der Waals surface area contributed by atoms with Crippen molar-refractivity contribution in [1.82, 2.24) is 26.6 Å². The number of amides is 4. The Morgan fingerprint density at radius 3 is 1.39 bits per heavy atom. The molecule has 1 aromatic carbocycles. The smallest absolute Gasteiger partial charge is 0.251 e. The van der Waals surface area contributed by atoms with Crippen molar-refractivity contribution >= 4 is 23.6 Å². The van der Waals surface area contributed by atoms with Crippen molar-refractivity contribution < 1.29 is 38.1 Å². The molecule has 0 saturated carbocycles. The Kier molecular flexibility index (Phi) is 24.3. The van der Waals surface area contributed by atoms with Crippen LogP contribution in [0.1, 0.15) is 66.2 Å². The summed E-state index contributed by atoms with van der Waals surface area (Å²) in [6.45, 7) is 7.21. The third kappa shape index (κ3) is 22.4. The van der Waals surface area contributed by atoms with Crippen LogP contribution in [0.5, 0.6) is 0 Å². The highest BCUT2D eigenvalue weighted by Crippen LogP contribution is 2.05. The molecular formula is C31H53N5O8. The van der Waals surface area contributed by atoms with Crippen LogP contribution in [0.25, 0.3) is 0 Å². The van der Waals surface area contributed by atoms with E-state index >= 15 is 0 Å². The molecule has 0 unspecified atom stereocenters. The second-order valence-corrected chi connectivity index (χ2v) is 9.99. The number of hydrogen-bond donors (Lipinski definition) is 5. The first-order chi connectivity index (χ1) is 21.4. The van der Waals surface area contributed by atoms with Crippen molar-refractivity contribution in [3.8, 4) is 0 Å². The molecule has 0 fully saturated rings. The van der Waals surface area contributed by atoms with Crippen LogP contribution in [-0.4, -0.2) is 116 Å². The summed E-state index contributed by atoms with van der Waals surface area (Å²) < 4.78 is 21.7.